The second-order valence-corrected chi connectivity index (χ2v) is 4.51. The number of nitrogens with zero attached hydrogens (tertiary/aromatic N) is 3. The van der Waals surface area contributed by atoms with Crippen molar-refractivity contribution in [2.45, 2.75) is 0 Å². The zero-order valence-corrected chi connectivity index (χ0v) is 11.0. The third-order valence-corrected chi connectivity index (χ3v) is 3.21. The summed E-state index contributed by atoms with van der Waals surface area (Å²) in [5.74, 6) is 0. The maximum Gasteiger partial charge on any atom is 0.306 e. The standard InChI is InChI=1S/C14H12N4O3/c19-8-7-15-10-3-1-9(2-4-10)11-5-6-12-13(17-16-12)14(11)18(20)21/h1-6,15,19H,7-8H2. The van der Waals surface area contributed by atoms with Gasteiger partial charge in [0.1, 0.15) is 5.69 Å². The van der Waals surface area contributed by atoms with Crippen molar-refractivity contribution in [3.05, 3.63) is 46.5 Å². The van der Waals surface area contributed by atoms with Gasteiger partial charge in [-0.05, 0) is 29.8 Å². The number of anilines is 1. The van der Waals surface area contributed by atoms with E-state index in [0.29, 0.717) is 23.5 Å². The number of fused-ring (bicyclic) bond motifs is 1. The lowest BCUT2D eigenvalue weighted by molar-refractivity contribution is -0.383. The fourth-order valence-electron chi connectivity index (χ4n) is 2.19. The van der Waals surface area contributed by atoms with Crippen molar-refractivity contribution in [3.8, 4) is 11.1 Å². The van der Waals surface area contributed by atoms with Crippen molar-refractivity contribution >= 4 is 22.7 Å². The monoisotopic (exact) mass is 284 g/mol. The largest absolute Gasteiger partial charge is 0.395 e. The molecule has 0 aliphatic carbocycles. The van der Waals surface area contributed by atoms with E-state index in [2.05, 4.69) is 15.5 Å². The van der Waals surface area contributed by atoms with Gasteiger partial charge in [-0.3, -0.25) is 10.1 Å². The van der Waals surface area contributed by atoms with Gasteiger partial charge in [0, 0.05) is 12.2 Å². The molecule has 2 aromatic rings. The van der Waals surface area contributed by atoms with E-state index < -0.39 is 4.92 Å². The van der Waals surface area contributed by atoms with Gasteiger partial charge in [0.05, 0.1) is 17.1 Å². The summed E-state index contributed by atoms with van der Waals surface area (Å²) >= 11 is 0. The lowest BCUT2D eigenvalue weighted by atomic mass is 10.0. The summed E-state index contributed by atoms with van der Waals surface area (Å²) in [7, 11) is 0. The third kappa shape index (κ3) is 2.34. The minimum Gasteiger partial charge on any atom is -0.395 e. The molecular weight excluding hydrogens is 272 g/mol. The number of nitro benzene ring substituents is 1. The molecule has 1 aliphatic heterocycles. The van der Waals surface area contributed by atoms with Gasteiger partial charge in [-0.1, -0.05) is 12.1 Å². The first-order chi connectivity index (χ1) is 10.2. The van der Waals surface area contributed by atoms with Crippen LogP contribution in [0, 0.1) is 10.1 Å². The number of azo groups is 1. The third-order valence-electron chi connectivity index (χ3n) is 3.21. The van der Waals surface area contributed by atoms with E-state index in [1.807, 2.05) is 12.1 Å². The van der Waals surface area contributed by atoms with Gasteiger partial charge in [-0.2, -0.15) is 0 Å². The number of aliphatic hydroxyl groups excluding tert-OH is 1. The molecule has 1 aliphatic rings. The highest BCUT2D eigenvalue weighted by atomic mass is 16.6. The Kier molecular flexibility index (Phi) is 3.33. The van der Waals surface area contributed by atoms with E-state index in [0.717, 1.165) is 11.3 Å². The average Bonchev–Trinajstić information content (AvgIpc) is 2.46. The molecule has 3 rings (SSSR count). The molecule has 0 saturated heterocycles. The lowest BCUT2D eigenvalue weighted by Gasteiger charge is -2.12. The Morgan fingerprint density at radius 2 is 1.90 bits per heavy atom. The van der Waals surface area contributed by atoms with Gasteiger partial charge in [0.15, 0.2) is 5.69 Å². The smallest absolute Gasteiger partial charge is 0.306 e. The summed E-state index contributed by atoms with van der Waals surface area (Å²) in [5, 5.41) is 30.5. The minimum atomic E-state index is -0.426. The van der Waals surface area contributed by atoms with Crippen LogP contribution in [0.3, 0.4) is 0 Å². The summed E-state index contributed by atoms with van der Waals surface area (Å²) in [4.78, 5) is 10.8. The number of hydrogen-bond donors (Lipinski definition) is 2. The summed E-state index contributed by atoms with van der Waals surface area (Å²) in [6.45, 7) is 0.502. The van der Waals surface area contributed by atoms with Crippen LogP contribution in [0.2, 0.25) is 0 Å². The highest BCUT2D eigenvalue weighted by molar-refractivity contribution is 5.88. The number of nitrogens with one attached hydrogen (secondary N) is 1. The van der Waals surface area contributed by atoms with E-state index in [4.69, 9.17) is 5.11 Å². The molecule has 7 heteroatoms. The van der Waals surface area contributed by atoms with Crippen molar-refractivity contribution < 1.29 is 10.0 Å². The maximum atomic E-state index is 11.3. The van der Waals surface area contributed by atoms with E-state index >= 15 is 0 Å². The van der Waals surface area contributed by atoms with Gasteiger partial charge in [0.2, 0.25) is 0 Å². The summed E-state index contributed by atoms with van der Waals surface area (Å²) in [5.41, 5.74) is 2.97. The van der Waals surface area contributed by atoms with Crippen molar-refractivity contribution in [3.63, 3.8) is 0 Å². The normalized spacial score (nSPS) is 11.7. The molecule has 0 fully saturated rings. The molecule has 2 aromatic carbocycles. The number of aliphatic hydroxyl groups is 1. The van der Waals surface area contributed by atoms with Crippen molar-refractivity contribution in [2.24, 2.45) is 10.2 Å². The van der Waals surface area contributed by atoms with Crippen molar-refractivity contribution in [2.75, 3.05) is 18.5 Å². The Hall–Kier alpha value is -2.80. The molecule has 0 atom stereocenters. The van der Waals surface area contributed by atoms with Crippen LogP contribution in [0.1, 0.15) is 0 Å². The maximum absolute atomic E-state index is 11.3. The fraction of sp³-hybridized carbons (Fsp3) is 0.143. The predicted octanol–water partition coefficient (Wildman–Crippen LogP) is 3.39. The van der Waals surface area contributed by atoms with Gasteiger partial charge in [0.25, 0.3) is 0 Å². The molecule has 0 unspecified atom stereocenters. The summed E-state index contributed by atoms with van der Waals surface area (Å²) < 4.78 is 0. The van der Waals surface area contributed by atoms with Crippen LogP contribution in [-0.4, -0.2) is 23.2 Å². The molecular formula is C14H12N4O3. The van der Waals surface area contributed by atoms with Gasteiger partial charge in [-0.25, -0.2) is 0 Å². The molecule has 0 amide bonds. The highest BCUT2D eigenvalue weighted by Gasteiger charge is 2.28. The Balaban J connectivity index is 1.98. The molecule has 0 spiro atoms. The van der Waals surface area contributed by atoms with E-state index in [9.17, 15) is 10.1 Å². The van der Waals surface area contributed by atoms with Crippen LogP contribution in [0.5, 0.6) is 0 Å². The lowest BCUT2D eigenvalue weighted by Crippen LogP contribution is -2.04. The van der Waals surface area contributed by atoms with Crippen molar-refractivity contribution in [1.29, 1.82) is 0 Å². The van der Waals surface area contributed by atoms with Gasteiger partial charge >= 0.3 is 5.69 Å². The average molecular weight is 284 g/mol. The quantitative estimate of drug-likeness (QED) is 0.554. The van der Waals surface area contributed by atoms with Gasteiger partial charge in [-0.15, -0.1) is 10.2 Å². The molecule has 1 heterocycles. The van der Waals surface area contributed by atoms with Crippen LogP contribution in [-0.2, 0) is 0 Å². The second-order valence-electron chi connectivity index (χ2n) is 4.51. The molecule has 0 saturated carbocycles. The van der Waals surface area contributed by atoms with E-state index in [1.165, 1.54) is 0 Å². The Morgan fingerprint density at radius 3 is 2.48 bits per heavy atom. The van der Waals surface area contributed by atoms with Crippen LogP contribution >= 0.6 is 0 Å². The highest BCUT2D eigenvalue weighted by Crippen LogP contribution is 2.49. The molecule has 106 valence electrons. The van der Waals surface area contributed by atoms with Crippen LogP contribution < -0.4 is 5.32 Å². The first kappa shape index (κ1) is 13.2. The second kappa shape index (κ2) is 5.29. The Labute approximate surface area is 120 Å². The number of nitro groups is 1. The first-order valence-electron chi connectivity index (χ1n) is 6.39. The van der Waals surface area contributed by atoms with E-state index in [1.54, 1.807) is 24.3 Å². The Bertz CT molecular complexity index is 726. The first-order valence-corrected chi connectivity index (χ1v) is 6.39. The molecule has 0 aromatic heterocycles. The van der Waals surface area contributed by atoms with Crippen molar-refractivity contribution in [1.82, 2.24) is 0 Å². The van der Waals surface area contributed by atoms with Crippen LogP contribution in [0.4, 0.5) is 22.7 Å². The molecule has 21 heavy (non-hydrogen) atoms. The fourth-order valence-corrected chi connectivity index (χ4v) is 2.19. The van der Waals surface area contributed by atoms with E-state index in [-0.39, 0.29) is 12.3 Å². The molecule has 0 radical (unpaired) electrons. The Morgan fingerprint density at radius 1 is 1.14 bits per heavy atom. The predicted molar refractivity (Wildman–Crippen MR) is 78.3 cm³/mol. The molecule has 2 N–H and O–H groups in total. The summed E-state index contributed by atoms with van der Waals surface area (Å²) in [6.07, 6.45) is 0. The SMILES string of the molecule is O=[N+]([O-])c1c(-c2ccc(NCCO)cc2)ccc2c1N=N2. The minimum absolute atomic E-state index is 0.0152. The zero-order valence-electron chi connectivity index (χ0n) is 11.0. The number of hydrogen-bond acceptors (Lipinski definition) is 6. The van der Waals surface area contributed by atoms with Crippen LogP contribution in [0.15, 0.2) is 46.6 Å². The zero-order chi connectivity index (χ0) is 14.8. The molecule has 7 nitrogen and oxygen atoms in total. The topological polar surface area (TPSA) is 100 Å². The summed E-state index contributed by atoms with van der Waals surface area (Å²) in [6, 6.07) is 10.6. The number of benzene rings is 2. The number of rotatable bonds is 5. The van der Waals surface area contributed by atoms with Crippen LogP contribution in [0.25, 0.3) is 11.1 Å². The van der Waals surface area contributed by atoms with Gasteiger partial charge < -0.3 is 10.4 Å². The molecule has 0 bridgehead atoms.